The first kappa shape index (κ1) is 69.3. The summed E-state index contributed by atoms with van der Waals surface area (Å²) < 4.78 is 16.6. The maximum absolute atomic E-state index is 14.3. The molecule has 12 rings (SSSR count). The van der Waals surface area contributed by atoms with Gasteiger partial charge in [0, 0.05) is 85.6 Å². The topological polar surface area (TPSA) is 185 Å². The van der Waals surface area contributed by atoms with Gasteiger partial charge in [-0.05, 0) is 63.5 Å². The van der Waals surface area contributed by atoms with Crippen molar-refractivity contribution in [2.75, 3.05) is 52.5 Å². The van der Waals surface area contributed by atoms with E-state index >= 15 is 0 Å². The highest BCUT2D eigenvalue weighted by atomic mass is 35.5. The number of thiazole rings is 2. The monoisotopic (exact) mass is 1270 g/mol. The zero-order chi connectivity index (χ0) is 57.9. The fourth-order valence-electron chi connectivity index (χ4n) is 12.8. The molecule has 2 saturated heterocycles. The molecule has 472 valence electrons. The third-order valence-electron chi connectivity index (χ3n) is 17.3. The molecule has 0 spiro atoms. The predicted octanol–water partition coefficient (Wildman–Crippen LogP) is 12.7. The minimum Gasteiger partial charge on any atom is -0.385 e. The normalized spacial score (nSPS) is 22.5. The highest BCUT2D eigenvalue weighted by Gasteiger charge is 2.45. The molecule has 16 nitrogen and oxygen atoms in total. The van der Waals surface area contributed by atoms with Crippen LogP contribution in [0.4, 0.5) is 0 Å². The Morgan fingerprint density at radius 1 is 0.568 bits per heavy atom. The molecule has 8 aromatic rings. The van der Waals surface area contributed by atoms with Crippen LogP contribution in [0.2, 0.25) is 0 Å². The van der Waals surface area contributed by atoms with E-state index in [4.69, 9.17) is 19.4 Å². The third kappa shape index (κ3) is 16.1. The number of carbonyl (C=O) groups excluding carboxylic acids is 2. The number of aromatic nitrogens is 6. The van der Waals surface area contributed by atoms with Crippen molar-refractivity contribution in [2.45, 2.75) is 140 Å². The summed E-state index contributed by atoms with van der Waals surface area (Å²) in [6.07, 6.45) is 14.8. The first-order chi connectivity index (χ1) is 41.1. The average molecular weight is 1280 g/mol. The number of aliphatic hydroxyl groups is 2. The number of ether oxygens (including phenoxy) is 2. The van der Waals surface area contributed by atoms with Crippen molar-refractivity contribution in [1.82, 2.24) is 49.5 Å². The molecular weight excluding hydrogens is 1190 g/mol. The Kier molecular flexibility index (Phi) is 25.6. The highest BCUT2D eigenvalue weighted by molar-refractivity contribution is 7.09. The van der Waals surface area contributed by atoms with E-state index in [2.05, 4.69) is 44.9 Å². The van der Waals surface area contributed by atoms with Crippen molar-refractivity contribution in [1.29, 1.82) is 0 Å². The van der Waals surface area contributed by atoms with E-state index in [1.165, 1.54) is 11.1 Å². The second-order valence-electron chi connectivity index (χ2n) is 22.9. The van der Waals surface area contributed by atoms with E-state index in [1.54, 1.807) is 47.7 Å². The average Bonchev–Trinajstić information content (AvgIpc) is 4.40. The summed E-state index contributed by atoms with van der Waals surface area (Å²) in [5.74, 6) is -0.133. The molecule has 2 aliphatic carbocycles. The van der Waals surface area contributed by atoms with Crippen molar-refractivity contribution >= 4 is 59.3 Å². The fraction of sp³-hybridized carbons (Fsp3) is 0.441. The molecule has 2 unspecified atom stereocenters. The van der Waals surface area contributed by atoms with Gasteiger partial charge in [-0.15, -0.1) is 47.5 Å². The zero-order valence-corrected chi connectivity index (χ0v) is 52.2. The van der Waals surface area contributed by atoms with Crippen LogP contribution in [0.15, 0.2) is 157 Å². The van der Waals surface area contributed by atoms with Gasteiger partial charge in [0.15, 0.2) is 11.4 Å². The van der Waals surface area contributed by atoms with Crippen LogP contribution in [0.1, 0.15) is 146 Å². The maximum Gasteiger partial charge on any atom is 0.275 e. The number of rotatable bonds is 18. The highest BCUT2D eigenvalue weighted by Crippen LogP contribution is 2.44. The molecule has 2 amide bonds. The second-order valence-corrected chi connectivity index (χ2v) is 24.8. The number of carbonyl (C=O) groups is 2. The number of nitrogens with one attached hydrogen (secondary N) is 2. The van der Waals surface area contributed by atoms with Crippen LogP contribution in [0.5, 0.6) is 0 Å². The van der Waals surface area contributed by atoms with Crippen molar-refractivity contribution in [3.05, 3.63) is 190 Å². The number of nitrogens with zero attached hydrogens (tertiary/aromatic N) is 8. The van der Waals surface area contributed by atoms with E-state index < -0.39 is 11.2 Å². The fourth-order valence-corrected chi connectivity index (χ4v) is 14.1. The van der Waals surface area contributed by atoms with E-state index in [9.17, 15) is 19.8 Å². The molecule has 0 bridgehead atoms. The van der Waals surface area contributed by atoms with Gasteiger partial charge in [-0.25, -0.2) is 19.9 Å². The summed E-state index contributed by atoms with van der Waals surface area (Å²) in [6, 6.07) is 40.1. The number of imidazole rings is 2. The van der Waals surface area contributed by atoms with Crippen molar-refractivity contribution in [3.63, 3.8) is 0 Å². The number of hydrogen-bond acceptors (Lipinski definition) is 14. The van der Waals surface area contributed by atoms with Gasteiger partial charge in [0.1, 0.15) is 33.4 Å². The molecule has 88 heavy (non-hydrogen) atoms. The molecule has 4 aromatic carbocycles. The second kappa shape index (κ2) is 32.5. The smallest absolute Gasteiger partial charge is 0.275 e. The molecule has 8 atom stereocenters. The van der Waals surface area contributed by atoms with Crippen LogP contribution >= 0.6 is 47.5 Å². The Morgan fingerprint density at radius 3 is 1.31 bits per heavy atom. The molecule has 20 heteroatoms. The van der Waals surface area contributed by atoms with Gasteiger partial charge >= 0.3 is 0 Å². The Balaban J connectivity index is 0.000000240. The van der Waals surface area contributed by atoms with E-state index in [0.717, 1.165) is 110 Å². The number of hydrogen-bond donors (Lipinski definition) is 4. The molecule has 2 saturated carbocycles. The van der Waals surface area contributed by atoms with Crippen LogP contribution in [0, 0.1) is 0 Å². The predicted molar refractivity (Wildman–Crippen MR) is 357 cm³/mol. The summed E-state index contributed by atoms with van der Waals surface area (Å²) in [7, 11) is 0. The number of halogens is 2. The quantitative estimate of drug-likeness (QED) is 0.0638. The summed E-state index contributed by atoms with van der Waals surface area (Å²) in [4.78, 5) is 50.9. The summed E-state index contributed by atoms with van der Waals surface area (Å²) in [5.41, 5.74) is 4.44. The van der Waals surface area contributed by atoms with Crippen molar-refractivity contribution in [3.8, 4) is 22.5 Å². The number of piperazine rings is 2. The lowest BCUT2D eigenvalue weighted by molar-refractivity contribution is -0.115. The van der Waals surface area contributed by atoms with Gasteiger partial charge in [0.2, 0.25) is 0 Å². The van der Waals surface area contributed by atoms with E-state index in [1.807, 2.05) is 141 Å². The van der Waals surface area contributed by atoms with Crippen molar-refractivity contribution in [2.24, 2.45) is 0 Å². The van der Waals surface area contributed by atoms with E-state index in [-0.39, 0.29) is 101 Å². The minimum absolute atomic E-state index is 0. The van der Waals surface area contributed by atoms with Crippen LogP contribution in [-0.4, -0.2) is 137 Å². The number of benzene rings is 4. The molecule has 4 aromatic heterocycles. The summed E-state index contributed by atoms with van der Waals surface area (Å²) in [6.45, 7) is 8.52. The Bertz CT molecular complexity index is 3130. The van der Waals surface area contributed by atoms with Gasteiger partial charge < -0.3 is 49.3 Å². The van der Waals surface area contributed by atoms with Crippen LogP contribution in [-0.2, 0) is 22.3 Å². The Labute approximate surface area is 540 Å². The summed E-state index contributed by atoms with van der Waals surface area (Å²) >= 11 is 3.11. The van der Waals surface area contributed by atoms with Gasteiger partial charge in [-0.3, -0.25) is 9.59 Å². The van der Waals surface area contributed by atoms with Crippen LogP contribution in [0.25, 0.3) is 22.5 Å². The summed E-state index contributed by atoms with van der Waals surface area (Å²) in [5, 5.41) is 36.8. The zero-order valence-electron chi connectivity index (χ0n) is 48.9. The first-order valence-electron chi connectivity index (χ1n) is 29.9. The van der Waals surface area contributed by atoms with Gasteiger partial charge in [0.25, 0.3) is 11.8 Å². The lowest BCUT2D eigenvalue weighted by Crippen LogP contribution is -2.54. The van der Waals surface area contributed by atoms with Crippen LogP contribution < -0.4 is 10.6 Å². The Hall–Kier alpha value is -6.16. The molecule has 0 radical (unpaired) electrons. The molecule has 2 aliphatic heterocycles. The number of amides is 2. The maximum atomic E-state index is 14.3. The van der Waals surface area contributed by atoms with Crippen LogP contribution in [0.3, 0.4) is 0 Å². The third-order valence-corrected chi connectivity index (χ3v) is 19.2. The molecule has 6 heterocycles. The Morgan fingerprint density at radius 2 is 0.943 bits per heavy atom. The molecule has 4 fully saturated rings. The van der Waals surface area contributed by atoms with E-state index in [0.29, 0.717) is 37.3 Å². The van der Waals surface area contributed by atoms with Gasteiger partial charge in [0.05, 0.1) is 49.3 Å². The van der Waals surface area contributed by atoms with Crippen molar-refractivity contribution < 1.29 is 29.3 Å². The minimum atomic E-state index is -1.10. The van der Waals surface area contributed by atoms with Gasteiger partial charge in [-0.1, -0.05) is 162 Å². The molecular formula is C68H88Cl2N10O6S2. The standard InChI is InChI=1S/2C33H39N5O3S.2CH4.2ClH/c2*1-24(31-35-17-19-42-31)41-22-33(40)15-9-8-14-28(33)38-23-36-29(30(38)26-12-6-3-7-13-26)32(39)37-18-16-34-21-27(37)20-25-10-4-2-5-11-25;;;;/h2*2-7,10-13,17,19,23-24,27-28,34,40H,8-9,14-16,18,20-22H2,1H3;2*1H4;2*1H/t24?,27-,28+,33+;24?,27-,28-,33-;;;;/m11..../s1. The van der Waals surface area contributed by atoms with Gasteiger partial charge in [-0.2, -0.15) is 0 Å². The molecule has 4 aliphatic rings. The largest absolute Gasteiger partial charge is 0.385 e. The lowest BCUT2D eigenvalue weighted by atomic mass is 9.80. The first-order valence-corrected chi connectivity index (χ1v) is 31.7. The lowest BCUT2D eigenvalue weighted by Gasteiger charge is -2.41. The molecule has 4 N–H and O–H groups in total. The SMILES string of the molecule is C.C.CC(OC[C@@]1(O)CCCC[C@@H]1n1cnc(C(=O)N2CCNC[C@H]2Cc2ccccc2)c1-c1ccccc1)c1nccs1.CC(OC[C@]1(O)CCCC[C@H]1n1cnc(C(=O)N2CCNC[C@H]2Cc2ccccc2)c1-c1ccccc1)c1nccs1.Cl.Cl.